The second-order valence-corrected chi connectivity index (χ2v) is 3.66. The lowest BCUT2D eigenvalue weighted by atomic mass is 10.1. The van der Waals surface area contributed by atoms with Crippen molar-refractivity contribution in [1.29, 1.82) is 0 Å². The SMILES string of the molecule is CC(=CCC1OCCO1)c1ccccc1. The first-order chi connectivity index (χ1) is 7.36. The van der Waals surface area contributed by atoms with Crippen LogP contribution < -0.4 is 0 Å². The summed E-state index contributed by atoms with van der Waals surface area (Å²) in [5.41, 5.74) is 2.53. The summed E-state index contributed by atoms with van der Waals surface area (Å²) in [6.45, 7) is 3.57. The molecule has 0 unspecified atom stereocenters. The van der Waals surface area contributed by atoms with Crippen molar-refractivity contribution in [2.45, 2.75) is 19.6 Å². The molecule has 0 aliphatic carbocycles. The zero-order valence-corrected chi connectivity index (χ0v) is 8.98. The van der Waals surface area contributed by atoms with Crippen molar-refractivity contribution in [3.63, 3.8) is 0 Å². The Morgan fingerprint density at radius 3 is 2.60 bits per heavy atom. The fraction of sp³-hybridized carbons (Fsp3) is 0.385. The number of rotatable bonds is 3. The zero-order chi connectivity index (χ0) is 10.5. The van der Waals surface area contributed by atoms with Crippen molar-refractivity contribution in [1.82, 2.24) is 0 Å². The first-order valence-electron chi connectivity index (χ1n) is 5.31. The molecule has 1 fully saturated rings. The van der Waals surface area contributed by atoms with Crippen LogP contribution in [-0.2, 0) is 9.47 Å². The van der Waals surface area contributed by atoms with E-state index in [0.29, 0.717) is 0 Å². The number of benzene rings is 1. The van der Waals surface area contributed by atoms with E-state index >= 15 is 0 Å². The molecule has 0 N–H and O–H groups in total. The molecule has 1 aliphatic rings. The molecule has 80 valence electrons. The van der Waals surface area contributed by atoms with Crippen molar-refractivity contribution in [2.75, 3.05) is 13.2 Å². The highest BCUT2D eigenvalue weighted by molar-refractivity contribution is 5.63. The second-order valence-electron chi connectivity index (χ2n) is 3.66. The van der Waals surface area contributed by atoms with E-state index in [0.717, 1.165) is 19.6 Å². The first-order valence-corrected chi connectivity index (χ1v) is 5.31. The molecule has 0 radical (unpaired) electrons. The van der Waals surface area contributed by atoms with Crippen LogP contribution in [0.25, 0.3) is 5.57 Å². The first kappa shape index (κ1) is 10.4. The second kappa shape index (κ2) is 5.10. The van der Waals surface area contributed by atoms with Crippen LogP contribution in [0.2, 0.25) is 0 Å². The Kier molecular flexibility index (Phi) is 3.54. The summed E-state index contributed by atoms with van der Waals surface area (Å²) >= 11 is 0. The summed E-state index contributed by atoms with van der Waals surface area (Å²) in [7, 11) is 0. The van der Waals surface area contributed by atoms with Crippen LogP contribution in [0.3, 0.4) is 0 Å². The van der Waals surface area contributed by atoms with Gasteiger partial charge in [0.05, 0.1) is 13.2 Å². The van der Waals surface area contributed by atoms with Crippen LogP contribution in [0, 0.1) is 0 Å². The van der Waals surface area contributed by atoms with Gasteiger partial charge in [-0.15, -0.1) is 0 Å². The molecular weight excluding hydrogens is 188 g/mol. The van der Waals surface area contributed by atoms with Gasteiger partial charge < -0.3 is 9.47 Å². The Balaban J connectivity index is 1.95. The van der Waals surface area contributed by atoms with E-state index in [-0.39, 0.29) is 6.29 Å². The number of allylic oxidation sites excluding steroid dienone is 1. The smallest absolute Gasteiger partial charge is 0.161 e. The van der Waals surface area contributed by atoms with Gasteiger partial charge in [-0.2, -0.15) is 0 Å². The van der Waals surface area contributed by atoms with Crippen LogP contribution in [0.5, 0.6) is 0 Å². The minimum Gasteiger partial charge on any atom is -0.350 e. The van der Waals surface area contributed by atoms with E-state index in [1.165, 1.54) is 11.1 Å². The predicted octanol–water partition coefficient (Wildman–Crippen LogP) is 2.85. The molecule has 1 aromatic rings. The van der Waals surface area contributed by atoms with Gasteiger partial charge in [0.2, 0.25) is 0 Å². The maximum Gasteiger partial charge on any atom is 0.161 e. The average Bonchev–Trinajstić information content (AvgIpc) is 2.80. The fourth-order valence-corrected chi connectivity index (χ4v) is 1.64. The van der Waals surface area contributed by atoms with Gasteiger partial charge in [0.25, 0.3) is 0 Å². The van der Waals surface area contributed by atoms with Gasteiger partial charge in [-0.1, -0.05) is 36.4 Å². The third-order valence-corrected chi connectivity index (χ3v) is 2.54. The van der Waals surface area contributed by atoms with E-state index in [1.54, 1.807) is 0 Å². The Morgan fingerprint density at radius 1 is 1.27 bits per heavy atom. The molecule has 2 rings (SSSR count). The van der Waals surface area contributed by atoms with Crippen molar-refractivity contribution >= 4 is 5.57 Å². The fourth-order valence-electron chi connectivity index (χ4n) is 1.64. The standard InChI is InChI=1S/C13H16O2/c1-11(12-5-3-2-4-6-12)7-8-13-14-9-10-15-13/h2-7,13H,8-10H2,1H3. The molecule has 2 nitrogen and oxygen atoms in total. The third-order valence-electron chi connectivity index (χ3n) is 2.54. The van der Waals surface area contributed by atoms with E-state index in [9.17, 15) is 0 Å². The maximum absolute atomic E-state index is 5.37. The molecule has 1 saturated heterocycles. The highest BCUT2D eigenvalue weighted by Gasteiger charge is 2.13. The van der Waals surface area contributed by atoms with Gasteiger partial charge in [-0.3, -0.25) is 0 Å². The largest absolute Gasteiger partial charge is 0.350 e. The summed E-state index contributed by atoms with van der Waals surface area (Å²) in [4.78, 5) is 0. The van der Waals surface area contributed by atoms with E-state index in [4.69, 9.17) is 9.47 Å². The summed E-state index contributed by atoms with van der Waals surface area (Å²) in [5.74, 6) is 0. The Bertz CT molecular complexity index is 324. The van der Waals surface area contributed by atoms with Crippen LogP contribution in [-0.4, -0.2) is 19.5 Å². The summed E-state index contributed by atoms with van der Waals surface area (Å²) in [5, 5.41) is 0. The van der Waals surface area contributed by atoms with E-state index < -0.39 is 0 Å². The van der Waals surface area contributed by atoms with Gasteiger partial charge in [0.1, 0.15) is 0 Å². The zero-order valence-electron chi connectivity index (χ0n) is 8.98. The lowest BCUT2D eigenvalue weighted by Crippen LogP contribution is -2.05. The number of hydrogen-bond acceptors (Lipinski definition) is 2. The van der Waals surface area contributed by atoms with Gasteiger partial charge in [-0.05, 0) is 18.1 Å². The quantitative estimate of drug-likeness (QED) is 0.753. The van der Waals surface area contributed by atoms with Crippen LogP contribution in [0.1, 0.15) is 18.9 Å². The topological polar surface area (TPSA) is 18.5 Å². The molecule has 0 saturated carbocycles. The van der Waals surface area contributed by atoms with Crippen LogP contribution in [0.4, 0.5) is 0 Å². The van der Waals surface area contributed by atoms with E-state index in [1.807, 2.05) is 6.07 Å². The predicted molar refractivity (Wildman–Crippen MR) is 60.4 cm³/mol. The van der Waals surface area contributed by atoms with Crippen molar-refractivity contribution < 1.29 is 9.47 Å². The molecule has 1 aromatic carbocycles. The third kappa shape index (κ3) is 2.91. The highest BCUT2D eigenvalue weighted by atomic mass is 16.7. The molecule has 1 aliphatic heterocycles. The molecule has 0 bridgehead atoms. The molecular formula is C13H16O2. The van der Waals surface area contributed by atoms with E-state index in [2.05, 4.69) is 37.3 Å². The Morgan fingerprint density at radius 2 is 1.93 bits per heavy atom. The van der Waals surface area contributed by atoms with Crippen molar-refractivity contribution in [2.24, 2.45) is 0 Å². The van der Waals surface area contributed by atoms with Crippen LogP contribution >= 0.6 is 0 Å². The normalized spacial score (nSPS) is 18.3. The summed E-state index contributed by atoms with van der Waals surface area (Å²) < 4.78 is 10.7. The molecule has 1 heterocycles. The van der Waals surface area contributed by atoms with Gasteiger partial charge in [0, 0.05) is 6.42 Å². The molecule has 15 heavy (non-hydrogen) atoms. The molecule has 0 spiro atoms. The highest BCUT2D eigenvalue weighted by Crippen LogP contribution is 2.16. The number of hydrogen-bond donors (Lipinski definition) is 0. The van der Waals surface area contributed by atoms with Gasteiger partial charge in [0.15, 0.2) is 6.29 Å². The van der Waals surface area contributed by atoms with Crippen molar-refractivity contribution in [3.05, 3.63) is 42.0 Å². The molecule has 2 heteroatoms. The Labute approximate surface area is 90.5 Å². The number of ether oxygens (including phenoxy) is 2. The maximum atomic E-state index is 5.37. The average molecular weight is 204 g/mol. The Hall–Kier alpha value is -1.12. The lowest BCUT2D eigenvalue weighted by molar-refractivity contribution is -0.0379. The van der Waals surface area contributed by atoms with Crippen LogP contribution in [0.15, 0.2) is 36.4 Å². The summed E-state index contributed by atoms with van der Waals surface area (Å²) in [6.07, 6.45) is 2.97. The minimum absolute atomic E-state index is 0.0383. The molecule has 0 aromatic heterocycles. The lowest BCUT2D eigenvalue weighted by Gasteiger charge is -2.06. The van der Waals surface area contributed by atoms with Gasteiger partial charge in [-0.25, -0.2) is 0 Å². The van der Waals surface area contributed by atoms with Crippen molar-refractivity contribution in [3.8, 4) is 0 Å². The summed E-state index contributed by atoms with van der Waals surface area (Å²) in [6, 6.07) is 10.4. The van der Waals surface area contributed by atoms with Gasteiger partial charge >= 0.3 is 0 Å². The monoisotopic (exact) mass is 204 g/mol. The minimum atomic E-state index is -0.0383. The molecule has 0 atom stereocenters. The molecule has 0 amide bonds.